The zero-order valence-electron chi connectivity index (χ0n) is 13.2. The highest BCUT2D eigenvalue weighted by Gasteiger charge is 2.14. The Morgan fingerprint density at radius 3 is 2.87 bits per heavy atom. The van der Waals surface area contributed by atoms with Gasteiger partial charge in [-0.05, 0) is 49.8 Å². The number of anilines is 1. The average molecular weight is 341 g/mol. The van der Waals surface area contributed by atoms with Crippen LogP contribution in [-0.4, -0.2) is 34.2 Å². The molecule has 0 bridgehead atoms. The molecular weight excluding hydrogens is 318 g/mol. The molecule has 0 aromatic heterocycles. The number of carbonyl (C=O) groups is 1. The maximum atomic E-state index is 11.9. The first-order valence-electron chi connectivity index (χ1n) is 7.62. The Morgan fingerprint density at radius 2 is 2.22 bits per heavy atom. The van der Waals surface area contributed by atoms with Crippen LogP contribution in [0, 0.1) is 12.8 Å². The van der Waals surface area contributed by atoms with Crippen molar-refractivity contribution in [3.8, 4) is 0 Å². The van der Waals surface area contributed by atoms with E-state index in [4.69, 9.17) is 9.88 Å². The lowest BCUT2D eigenvalue weighted by atomic mass is 9.99. The number of amides is 2. The Balaban J connectivity index is 1.87. The van der Waals surface area contributed by atoms with Gasteiger partial charge in [0, 0.05) is 25.4 Å². The summed E-state index contributed by atoms with van der Waals surface area (Å²) >= 11 is 0. The lowest BCUT2D eigenvalue weighted by Gasteiger charge is -2.22. The first-order valence-corrected chi connectivity index (χ1v) is 9.17. The number of carbonyl (C=O) groups excluding carboxylic acids is 1. The summed E-state index contributed by atoms with van der Waals surface area (Å²) in [6.07, 6.45) is 3.05. The van der Waals surface area contributed by atoms with Crippen LogP contribution in [0.15, 0.2) is 23.1 Å². The number of ether oxygens (including phenoxy) is 1. The third kappa shape index (κ3) is 5.49. The molecule has 1 aromatic rings. The van der Waals surface area contributed by atoms with Crippen molar-refractivity contribution >= 4 is 21.7 Å². The summed E-state index contributed by atoms with van der Waals surface area (Å²) in [6, 6.07) is 4.02. The minimum absolute atomic E-state index is 0.0299. The van der Waals surface area contributed by atoms with Gasteiger partial charge in [0.2, 0.25) is 10.0 Å². The van der Waals surface area contributed by atoms with Crippen molar-refractivity contribution in [1.82, 2.24) is 5.32 Å². The van der Waals surface area contributed by atoms with E-state index < -0.39 is 10.0 Å². The number of aryl methyl sites for hydroxylation is 1. The lowest BCUT2D eigenvalue weighted by Crippen LogP contribution is -2.32. The lowest BCUT2D eigenvalue weighted by molar-refractivity contribution is 0.0520. The largest absolute Gasteiger partial charge is 0.381 e. The molecule has 1 unspecified atom stereocenters. The minimum Gasteiger partial charge on any atom is -0.381 e. The van der Waals surface area contributed by atoms with Crippen LogP contribution in [0.3, 0.4) is 0 Å². The average Bonchev–Trinajstić information content (AvgIpc) is 2.49. The number of hydrogen-bond donors (Lipinski definition) is 3. The molecule has 1 aliphatic heterocycles. The van der Waals surface area contributed by atoms with Crippen molar-refractivity contribution in [1.29, 1.82) is 0 Å². The topological polar surface area (TPSA) is 111 Å². The molecule has 8 heteroatoms. The van der Waals surface area contributed by atoms with Crippen molar-refractivity contribution in [2.24, 2.45) is 11.1 Å². The molecule has 4 N–H and O–H groups in total. The van der Waals surface area contributed by atoms with Gasteiger partial charge in [-0.15, -0.1) is 0 Å². The highest BCUT2D eigenvalue weighted by atomic mass is 32.2. The Kier molecular flexibility index (Phi) is 5.97. The molecule has 0 radical (unpaired) electrons. The summed E-state index contributed by atoms with van der Waals surface area (Å²) in [5, 5.41) is 10.5. The fourth-order valence-electron chi connectivity index (χ4n) is 2.50. The van der Waals surface area contributed by atoms with Crippen molar-refractivity contribution < 1.29 is 17.9 Å². The second-order valence-corrected chi connectivity index (χ2v) is 7.34. The zero-order valence-corrected chi connectivity index (χ0v) is 14.0. The monoisotopic (exact) mass is 341 g/mol. The quantitative estimate of drug-likeness (QED) is 0.755. The smallest absolute Gasteiger partial charge is 0.319 e. The second kappa shape index (κ2) is 7.76. The van der Waals surface area contributed by atoms with Gasteiger partial charge >= 0.3 is 6.03 Å². The third-order valence-corrected chi connectivity index (χ3v) is 4.79. The molecule has 7 nitrogen and oxygen atoms in total. The molecule has 1 fully saturated rings. The first-order chi connectivity index (χ1) is 10.9. The SMILES string of the molecule is Cc1ccc(S(N)(=O)=O)cc1NC(=O)NCCC1CCCOC1. The van der Waals surface area contributed by atoms with Crippen LogP contribution in [0.4, 0.5) is 10.5 Å². The Morgan fingerprint density at radius 1 is 1.43 bits per heavy atom. The van der Waals surface area contributed by atoms with Gasteiger partial charge in [0.1, 0.15) is 0 Å². The molecule has 0 spiro atoms. The van der Waals surface area contributed by atoms with E-state index in [9.17, 15) is 13.2 Å². The fourth-order valence-corrected chi connectivity index (χ4v) is 3.04. The highest BCUT2D eigenvalue weighted by molar-refractivity contribution is 7.89. The molecular formula is C15H23N3O4S. The van der Waals surface area contributed by atoms with Gasteiger partial charge in [-0.25, -0.2) is 18.4 Å². The zero-order chi connectivity index (χ0) is 16.9. The molecule has 2 rings (SSSR count). The number of nitrogens with one attached hydrogen (secondary N) is 2. The van der Waals surface area contributed by atoms with Crippen LogP contribution in [0.25, 0.3) is 0 Å². The molecule has 1 aromatic carbocycles. The molecule has 0 saturated carbocycles. The van der Waals surface area contributed by atoms with Crippen LogP contribution in [-0.2, 0) is 14.8 Å². The standard InChI is InChI=1S/C15H23N3O4S/c1-11-4-5-13(23(16,20)21)9-14(11)18-15(19)17-7-6-12-3-2-8-22-10-12/h4-5,9,12H,2-3,6-8,10H2,1H3,(H2,16,20,21)(H2,17,18,19). The van der Waals surface area contributed by atoms with Gasteiger partial charge in [0.25, 0.3) is 0 Å². The summed E-state index contributed by atoms with van der Waals surface area (Å²) in [5.74, 6) is 0.483. The van der Waals surface area contributed by atoms with E-state index in [1.54, 1.807) is 13.0 Å². The molecule has 1 atom stereocenters. The van der Waals surface area contributed by atoms with E-state index in [1.807, 2.05) is 0 Å². The summed E-state index contributed by atoms with van der Waals surface area (Å²) in [5.41, 5.74) is 1.18. The predicted octanol–water partition coefficient (Wildman–Crippen LogP) is 1.58. The van der Waals surface area contributed by atoms with Crippen LogP contribution in [0.2, 0.25) is 0 Å². The maximum absolute atomic E-state index is 11.9. The van der Waals surface area contributed by atoms with Gasteiger partial charge in [0.05, 0.1) is 4.90 Å². The normalized spacial score (nSPS) is 18.4. The molecule has 128 valence electrons. The van der Waals surface area contributed by atoms with E-state index in [0.717, 1.165) is 38.0 Å². The molecule has 1 saturated heterocycles. The van der Waals surface area contributed by atoms with E-state index in [-0.39, 0.29) is 10.9 Å². The van der Waals surface area contributed by atoms with Gasteiger partial charge in [-0.2, -0.15) is 0 Å². The van der Waals surface area contributed by atoms with E-state index >= 15 is 0 Å². The first kappa shape index (κ1) is 17.7. The van der Waals surface area contributed by atoms with Gasteiger partial charge in [0.15, 0.2) is 0 Å². The second-order valence-electron chi connectivity index (χ2n) is 5.77. The third-order valence-electron chi connectivity index (χ3n) is 3.88. The predicted molar refractivity (Wildman–Crippen MR) is 87.7 cm³/mol. The Bertz CT molecular complexity index is 655. The van der Waals surface area contributed by atoms with Crippen molar-refractivity contribution in [3.05, 3.63) is 23.8 Å². The number of rotatable bonds is 5. The molecule has 0 aliphatic carbocycles. The maximum Gasteiger partial charge on any atom is 0.319 e. The molecule has 23 heavy (non-hydrogen) atoms. The summed E-state index contributed by atoms with van der Waals surface area (Å²) < 4.78 is 28.1. The summed E-state index contributed by atoms with van der Waals surface area (Å²) in [4.78, 5) is 11.9. The van der Waals surface area contributed by atoms with Crippen molar-refractivity contribution in [2.75, 3.05) is 25.1 Å². The van der Waals surface area contributed by atoms with Crippen LogP contribution < -0.4 is 15.8 Å². The van der Waals surface area contributed by atoms with Crippen LogP contribution in [0.1, 0.15) is 24.8 Å². The molecule has 2 amide bonds. The number of hydrogen-bond acceptors (Lipinski definition) is 4. The Labute approximate surface area is 136 Å². The molecule has 1 heterocycles. The number of primary sulfonamides is 1. The van der Waals surface area contributed by atoms with Crippen LogP contribution >= 0.6 is 0 Å². The van der Waals surface area contributed by atoms with E-state index in [1.165, 1.54) is 12.1 Å². The van der Waals surface area contributed by atoms with Gasteiger partial charge in [-0.3, -0.25) is 0 Å². The van der Waals surface area contributed by atoms with Crippen LogP contribution in [0.5, 0.6) is 0 Å². The van der Waals surface area contributed by atoms with Gasteiger partial charge < -0.3 is 15.4 Å². The highest BCUT2D eigenvalue weighted by Crippen LogP contribution is 2.19. The Hall–Kier alpha value is -1.64. The number of benzene rings is 1. The summed E-state index contributed by atoms with van der Waals surface area (Å²) in [7, 11) is -3.79. The fraction of sp³-hybridized carbons (Fsp3) is 0.533. The van der Waals surface area contributed by atoms with Crippen molar-refractivity contribution in [2.45, 2.75) is 31.1 Å². The molecule has 1 aliphatic rings. The number of urea groups is 1. The minimum atomic E-state index is -3.79. The number of sulfonamides is 1. The van der Waals surface area contributed by atoms with E-state index in [2.05, 4.69) is 10.6 Å². The summed E-state index contributed by atoms with van der Waals surface area (Å²) in [6.45, 7) is 3.90. The van der Waals surface area contributed by atoms with E-state index in [0.29, 0.717) is 18.2 Å². The van der Waals surface area contributed by atoms with Gasteiger partial charge in [-0.1, -0.05) is 6.07 Å². The van der Waals surface area contributed by atoms with Crippen molar-refractivity contribution in [3.63, 3.8) is 0 Å². The number of nitrogens with two attached hydrogens (primary N) is 1.